The number of carbonyl (C=O) groups excluding carboxylic acids is 1. The molecule has 0 bridgehead atoms. The molecule has 0 aliphatic rings. The van der Waals surface area contributed by atoms with E-state index >= 15 is 0 Å². The minimum atomic E-state index is -0.103. The smallest absolute Gasteiger partial charge is 0.254 e. The molecular weight excluding hydrogens is 350 g/mol. The predicted octanol–water partition coefficient (Wildman–Crippen LogP) is 4.39. The molecule has 1 unspecified atom stereocenters. The lowest BCUT2D eigenvalue weighted by Gasteiger charge is -2.13. The van der Waals surface area contributed by atoms with Gasteiger partial charge >= 0.3 is 0 Å². The molecule has 0 fully saturated rings. The second kappa shape index (κ2) is 9.33. The minimum Gasteiger partial charge on any atom is -0.374 e. The zero-order valence-electron chi connectivity index (χ0n) is 16.7. The highest BCUT2D eigenvalue weighted by atomic mass is 16.5. The molecule has 1 atom stereocenters. The second-order valence-corrected chi connectivity index (χ2v) is 6.88. The summed E-state index contributed by atoms with van der Waals surface area (Å²) in [6.07, 6.45) is 2.44. The van der Waals surface area contributed by atoms with Gasteiger partial charge in [0, 0.05) is 13.2 Å². The molecule has 0 spiro atoms. The van der Waals surface area contributed by atoms with Gasteiger partial charge in [-0.25, -0.2) is 4.68 Å². The summed E-state index contributed by atoms with van der Waals surface area (Å²) < 4.78 is 7.66. The standard InChI is InChI=1S/C23H27N3O2/c1-17-10-7-8-13-22(17)26-18(2)21(16-25-26)23(27)24-14-9-15-28-19(3)20-11-5-4-6-12-20/h4-8,10-13,16,19H,9,14-15H2,1-3H3,(H,24,27). The van der Waals surface area contributed by atoms with Crippen LogP contribution in [0.4, 0.5) is 0 Å². The lowest BCUT2D eigenvalue weighted by atomic mass is 10.1. The Bertz CT molecular complexity index is 919. The third kappa shape index (κ3) is 4.67. The number of benzene rings is 2. The van der Waals surface area contributed by atoms with Crippen LogP contribution in [0.2, 0.25) is 0 Å². The van der Waals surface area contributed by atoms with Crippen LogP contribution in [-0.4, -0.2) is 28.8 Å². The quantitative estimate of drug-likeness (QED) is 0.593. The average Bonchev–Trinajstić information content (AvgIpc) is 3.09. The number of hydrogen-bond acceptors (Lipinski definition) is 3. The third-order valence-corrected chi connectivity index (χ3v) is 4.84. The van der Waals surface area contributed by atoms with E-state index in [9.17, 15) is 4.79 Å². The summed E-state index contributed by atoms with van der Waals surface area (Å²) in [4.78, 5) is 12.5. The largest absolute Gasteiger partial charge is 0.374 e. The summed E-state index contributed by atoms with van der Waals surface area (Å²) in [7, 11) is 0. The van der Waals surface area contributed by atoms with Crippen molar-refractivity contribution in [2.45, 2.75) is 33.3 Å². The molecule has 1 aromatic heterocycles. The van der Waals surface area contributed by atoms with E-state index in [2.05, 4.69) is 22.5 Å². The van der Waals surface area contributed by atoms with Crippen molar-refractivity contribution in [1.29, 1.82) is 0 Å². The predicted molar refractivity (Wildman–Crippen MR) is 111 cm³/mol. The highest BCUT2D eigenvalue weighted by Gasteiger charge is 2.15. The van der Waals surface area contributed by atoms with Crippen molar-refractivity contribution in [3.63, 3.8) is 0 Å². The lowest BCUT2D eigenvalue weighted by molar-refractivity contribution is 0.0635. The van der Waals surface area contributed by atoms with Gasteiger partial charge in [0.2, 0.25) is 0 Å². The van der Waals surface area contributed by atoms with Crippen LogP contribution in [0.25, 0.3) is 5.69 Å². The molecule has 0 aliphatic heterocycles. The second-order valence-electron chi connectivity index (χ2n) is 6.88. The molecule has 1 N–H and O–H groups in total. The van der Waals surface area contributed by atoms with Gasteiger partial charge in [-0.2, -0.15) is 5.10 Å². The first-order valence-corrected chi connectivity index (χ1v) is 9.63. The molecule has 146 valence electrons. The van der Waals surface area contributed by atoms with Gasteiger partial charge < -0.3 is 10.1 Å². The number of carbonyl (C=O) groups is 1. The van der Waals surface area contributed by atoms with E-state index in [0.29, 0.717) is 18.7 Å². The number of para-hydroxylation sites is 1. The summed E-state index contributed by atoms with van der Waals surface area (Å²) in [6, 6.07) is 18.1. The van der Waals surface area contributed by atoms with Crippen LogP contribution in [0.5, 0.6) is 0 Å². The number of aromatic nitrogens is 2. The molecule has 5 nitrogen and oxygen atoms in total. The van der Waals surface area contributed by atoms with Crippen molar-refractivity contribution in [3.05, 3.63) is 83.2 Å². The number of rotatable bonds is 8. The van der Waals surface area contributed by atoms with Gasteiger partial charge in [0.15, 0.2) is 0 Å². The van der Waals surface area contributed by atoms with Crippen LogP contribution in [0, 0.1) is 13.8 Å². The van der Waals surface area contributed by atoms with Crippen LogP contribution in [0.3, 0.4) is 0 Å². The van der Waals surface area contributed by atoms with Gasteiger partial charge in [-0.3, -0.25) is 4.79 Å². The van der Waals surface area contributed by atoms with Crippen LogP contribution < -0.4 is 5.32 Å². The minimum absolute atomic E-state index is 0.0477. The first kappa shape index (κ1) is 19.8. The van der Waals surface area contributed by atoms with E-state index in [-0.39, 0.29) is 12.0 Å². The fraction of sp³-hybridized carbons (Fsp3) is 0.304. The Morgan fingerprint density at radius 2 is 1.82 bits per heavy atom. The maximum atomic E-state index is 12.5. The molecule has 0 saturated carbocycles. The topological polar surface area (TPSA) is 56.2 Å². The van der Waals surface area contributed by atoms with E-state index < -0.39 is 0 Å². The molecule has 5 heteroatoms. The molecule has 1 amide bonds. The van der Waals surface area contributed by atoms with E-state index in [1.165, 1.54) is 0 Å². The third-order valence-electron chi connectivity index (χ3n) is 4.84. The van der Waals surface area contributed by atoms with Gasteiger partial charge in [-0.15, -0.1) is 0 Å². The number of hydrogen-bond donors (Lipinski definition) is 1. The van der Waals surface area contributed by atoms with E-state index in [4.69, 9.17) is 4.74 Å². The Hall–Kier alpha value is -2.92. The SMILES string of the molecule is Cc1ccccc1-n1ncc(C(=O)NCCCOC(C)c2ccccc2)c1C. The van der Waals surface area contributed by atoms with Crippen molar-refractivity contribution >= 4 is 5.91 Å². The molecule has 1 heterocycles. The van der Waals surface area contributed by atoms with Crippen molar-refractivity contribution in [2.75, 3.05) is 13.2 Å². The fourth-order valence-electron chi connectivity index (χ4n) is 3.13. The molecule has 3 rings (SSSR count). The molecule has 3 aromatic rings. The van der Waals surface area contributed by atoms with Gasteiger partial charge in [-0.05, 0) is 44.4 Å². The zero-order valence-corrected chi connectivity index (χ0v) is 16.7. The maximum Gasteiger partial charge on any atom is 0.254 e. The number of nitrogens with one attached hydrogen (secondary N) is 1. The molecule has 0 radical (unpaired) electrons. The van der Waals surface area contributed by atoms with Gasteiger partial charge in [0.05, 0.1) is 29.2 Å². The normalized spacial score (nSPS) is 12.0. The Kier molecular flexibility index (Phi) is 6.61. The number of aryl methyl sites for hydroxylation is 1. The number of nitrogens with zero attached hydrogens (tertiary/aromatic N) is 2. The molecular formula is C23H27N3O2. The Morgan fingerprint density at radius 3 is 2.57 bits per heavy atom. The van der Waals surface area contributed by atoms with Crippen LogP contribution in [0.15, 0.2) is 60.8 Å². The first-order chi connectivity index (χ1) is 13.6. The van der Waals surface area contributed by atoms with Crippen molar-refractivity contribution in [2.24, 2.45) is 0 Å². The molecule has 0 saturated heterocycles. The Labute approximate surface area is 166 Å². The van der Waals surface area contributed by atoms with Crippen molar-refractivity contribution in [1.82, 2.24) is 15.1 Å². The highest BCUT2D eigenvalue weighted by Crippen LogP contribution is 2.18. The lowest BCUT2D eigenvalue weighted by Crippen LogP contribution is -2.25. The van der Waals surface area contributed by atoms with Crippen molar-refractivity contribution in [3.8, 4) is 5.69 Å². The summed E-state index contributed by atoms with van der Waals surface area (Å²) in [5.41, 5.74) is 4.70. The fourth-order valence-corrected chi connectivity index (χ4v) is 3.13. The van der Waals surface area contributed by atoms with Gasteiger partial charge in [0.1, 0.15) is 0 Å². The van der Waals surface area contributed by atoms with Gasteiger partial charge in [0.25, 0.3) is 5.91 Å². The molecule has 28 heavy (non-hydrogen) atoms. The maximum absolute atomic E-state index is 12.5. The number of amides is 1. The van der Waals surface area contributed by atoms with Crippen LogP contribution in [0.1, 0.15) is 46.6 Å². The summed E-state index contributed by atoms with van der Waals surface area (Å²) in [6.45, 7) is 7.15. The van der Waals surface area contributed by atoms with Crippen LogP contribution in [-0.2, 0) is 4.74 Å². The Balaban J connectivity index is 1.49. The first-order valence-electron chi connectivity index (χ1n) is 9.63. The van der Waals surface area contributed by atoms with Crippen molar-refractivity contribution < 1.29 is 9.53 Å². The average molecular weight is 377 g/mol. The Morgan fingerprint density at radius 1 is 1.11 bits per heavy atom. The van der Waals surface area contributed by atoms with Crippen LogP contribution >= 0.6 is 0 Å². The van der Waals surface area contributed by atoms with E-state index in [1.54, 1.807) is 6.20 Å². The highest BCUT2D eigenvalue weighted by molar-refractivity contribution is 5.95. The monoisotopic (exact) mass is 377 g/mol. The summed E-state index contributed by atoms with van der Waals surface area (Å²) >= 11 is 0. The number of ether oxygens (including phenoxy) is 1. The summed E-state index contributed by atoms with van der Waals surface area (Å²) in [5.74, 6) is -0.103. The van der Waals surface area contributed by atoms with E-state index in [0.717, 1.165) is 28.9 Å². The molecule has 2 aromatic carbocycles. The summed E-state index contributed by atoms with van der Waals surface area (Å²) in [5, 5.41) is 7.36. The van der Waals surface area contributed by atoms with Gasteiger partial charge in [-0.1, -0.05) is 48.5 Å². The zero-order chi connectivity index (χ0) is 19.9. The van der Waals surface area contributed by atoms with E-state index in [1.807, 2.05) is 67.9 Å². The molecule has 0 aliphatic carbocycles.